The van der Waals surface area contributed by atoms with Gasteiger partial charge in [-0.25, -0.2) is 0 Å². The third-order valence-electron chi connectivity index (χ3n) is 4.08. The minimum absolute atomic E-state index is 0.0108. The van der Waals surface area contributed by atoms with Gasteiger partial charge in [-0.15, -0.1) is 0 Å². The van der Waals surface area contributed by atoms with Gasteiger partial charge in [0.05, 0.1) is 25.4 Å². The van der Waals surface area contributed by atoms with Gasteiger partial charge < -0.3 is 19.5 Å². The average molecular weight is 386 g/mol. The molecule has 5 heteroatoms. The van der Waals surface area contributed by atoms with E-state index in [2.05, 4.69) is 5.32 Å². The maximum atomic E-state index is 12.2. The smallest absolute Gasteiger partial charge is 0.220 e. The van der Waals surface area contributed by atoms with Crippen LogP contribution in [0.5, 0.6) is 17.2 Å². The molecular formula is C23H31NO4. The molecule has 1 unspecified atom stereocenters. The van der Waals surface area contributed by atoms with Crippen LogP contribution >= 0.6 is 0 Å². The summed E-state index contributed by atoms with van der Waals surface area (Å²) < 4.78 is 16.9. The lowest BCUT2D eigenvalue weighted by Crippen LogP contribution is -2.26. The molecule has 1 N–H and O–H groups in total. The Labute approximate surface area is 168 Å². The van der Waals surface area contributed by atoms with Crippen LogP contribution in [-0.4, -0.2) is 25.2 Å². The molecule has 0 aliphatic carbocycles. The molecule has 2 aromatic carbocycles. The van der Waals surface area contributed by atoms with E-state index in [0.717, 1.165) is 17.1 Å². The summed E-state index contributed by atoms with van der Waals surface area (Å²) in [7, 11) is 0. The highest BCUT2D eigenvalue weighted by molar-refractivity contribution is 5.76. The van der Waals surface area contributed by atoms with E-state index in [1.807, 2.05) is 76.2 Å². The molecule has 0 saturated heterocycles. The lowest BCUT2D eigenvalue weighted by molar-refractivity contribution is -0.121. The molecule has 28 heavy (non-hydrogen) atoms. The van der Waals surface area contributed by atoms with Crippen molar-refractivity contribution < 1.29 is 19.0 Å². The molecule has 5 nitrogen and oxygen atoms in total. The van der Waals surface area contributed by atoms with Crippen molar-refractivity contribution in [2.45, 2.75) is 52.7 Å². The number of carbonyl (C=O) groups excluding carboxylic acids is 1. The lowest BCUT2D eigenvalue weighted by Gasteiger charge is -2.16. The zero-order valence-electron chi connectivity index (χ0n) is 17.2. The number of hydrogen-bond acceptors (Lipinski definition) is 4. The summed E-state index contributed by atoms with van der Waals surface area (Å²) in [6, 6.07) is 15.3. The average Bonchev–Trinajstić information content (AvgIpc) is 2.66. The van der Waals surface area contributed by atoms with E-state index < -0.39 is 0 Å². The summed E-state index contributed by atoms with van der Waals surface area (Å²) in [5.74, 6) is 2.29. The number of amides is 1. The summed E-state index contributed by atoms with van der Waals surface area (Å²) >= 11 is 0. The topological polar surface area (TPSA) is 56.8 Å². The monoisotopic (exact) mass is 385 g/mol. The number of hydrogen-bond donors (Lipinski definition) is 1. The summed E-state index contributed by atoms with van der Waals surface area (Å²) in [4.78, 5) is 12.2. The minimum atomic E-state index is -0.0554. The molecule has 1 atom stereocenters. The largest absolute Gasteiger partial charge is 0.491 e. The second-order valence-electron chi connectivity index (χ2n) is 6.86. The Morgan fingerprint density at radius 3 is 2.21 bits per heavy atom. The Morgan fingerprint density at radius 2 is 1.61 bits per heavy atom. The van der Waals surface area contributed by atoms with E-state index in [-0.39, 0.29) is 18.1 Å². The van der Waals surface area contributed by atoms with E-state index in [1.54, 1.807) is 0 Å². The number of para-hydroxylation sites is 2. The Morgan fingerprint density at radius 1 is 0.964 bits per heavy atom. The van der Waals surface area contributed by atoms with Crippen molar-refractivity contribution in [3.05, 3.63) is 54.1 Å². The van der Waals surface area contributed by atoms with E-state index in [4.69, 9.17) is 14.2 Å². The number of carbonyl (C=O) groups is 1. The van der Waals surface area contributed by atoms with Crippen LogP contribution in [0.25, 0.3) is 0 Å². The predicted octanol–water partition coefficient (Wildman–Crippen LogP) is 4.91. The SMILES string of the molecule is CCOc1ccccc1OCCCC(=O)NC(C)c1ccc(OC(C)C)cc1. The van der Waals surface area contributed by atoms with E-state index in [9.17, 15) is 4.79 Å². The van der Waals surface area contributed by atoms with Crippen LogP contribution < -0.4 is 19.5 Å². The van der Waals surface area contributed by atoms with Crippen molar-refractivity contribution in [3.8, 4) is 17.2 Å². The van der Waals surface area contributed by atoms with Gasteiger partial charge in [-0.1, -0.05) is 24.3 Å². The molecule has 0 bridgehead atoms. The van der Waals surface area contributed by atoms with Crippen molar-refractivity contribution in [2.75, 3.05) is 13.2 Å². The van der Waals surface area contributed by atoms with Crippen LogP contribution in [0.4, 0.5) is 0 Å². The van der Waals surface area contributed by atoms with E-state index in [0.29, 0.717) is 31.8 Å². The Hall–Kier alpha value is -2.69. The third-order valence-corrected chi connectivity index (χ3v) is 4.08. The quantitative estimate of drug-likeness (QED) is 0.559. The molecular weight excluding hydrogens is 354 g/mol. The van der Waals surface area contributed by atoms with Gasteiger partial charge in [-0.05, 0) is 63.9 Å². The van der Waals surface area contributed by atoms with Gasteiger partial charge in [0.15, 0.2) is 11.5 Å². The molecule has 0 saturated carbocycles. The van der Waals surface area contributed by atoms with Gasteiger partial charge in [-0.3, -0.25) is 4.79 Å². The van der Waals surface area contributed by atoms with Gasteiger partial charge in [0.1, 0.15) is 5.75 Å². The fourth-order valence-corrected chi connectivity index (χ4v) is 2.76. The first-order chi connectivity index (χ1) is 13.5. The molecule has 0 fully saturated rings. The molecule has 0 aliphatic rings. The van der Waals surface area contributed by atoms with Crippen LogP contribution in [0.3, 0.4) is 0 Å². The maximum Gasteiger partial charge on any atom is 0.220 e. The minimum Gasteiger partial charge on any atom is -0.491 e. The van der Waals surface area contributed by atoms with Crippen LogP contribution in [0.1, 0.15) is 52.1 Å². The van der Waals surface area contributed by atoms with Crippen LogP contribution in [0, 0.1) is 0 Å². The Balaban J connectivity index is 1.73. The molecule has 0 aliphatic heterocycles. The normalized spacial score (nSPS) is 11.8. The predicted molar refractivity (Wildman–Crippen MR) is 111 cm³/mol. The van der Waals surface area contributed by atoms with Crippen molar-refractivity contribution in [2.24, 2.45) is 0 Å². The number of rotatable bonds is 11. The van der Waals surface area contributed by atoms with Gasteiger partial charge >= 0.3 is 0 Å². The molecule has 1 amide bonds. The molecule has 2 rings (SSSR count). The Bertz CT molecular complexity index is 728. The zero-order valence-corrected chi connectivity index (χ0v) is 17.2. The van der Waals surface area contributed by atoms with Crippen molar-refractivity contribution in [1.82, 2.24) is 5.32 Å². The summed E-state index contributed by atoms with van der Waals surface area (Å²) in [5.41, 5.74) is 1.05. The number of benzene rings is 2. The second kappa shape index (κ2) is 11.2. The Kier molecular flexibility index (Phi) is 8.66. The molecule has 0 aromatic heterocycles. The highest BCUT2D eigenvalue weighted by Gasteiger charge is 2.10. The van der Waals surface area contributed by atoms with Gasteiger partial charge in [0.2, 0.25) is 5.91 Å². The second-order valence-corrected chi connectivity index (χ2v) is 6.86. The summed E-state index contributed by atoms with van der Waals surface area (Å²) in [6.45, 7) is 8.96. The van der Waals surface area contributed by atoms with Crippen molar-refractivity contribution in [1.29, 1.82) is 0 Å². The fourth-order valence-electron chi connectivity index (χ4n) is 2.76. The zero-order chi connectivity index (χ0) is 20.4. The third kappa shape index (κ3) is 7.14. The number of ether oxygens (including phenoxy) is 3. The number of nitrogens with one attached hydrogen (secondary N) is 1. The van der Waals surface area contributed by atoms with E-state index >= 15 is 0 Å². The van der Waals surface area contributed by atoms with Gasteiger partial charge in [-0.2, -0.15) is 0 Å². The highest BCUT2D eigenvalue weighted by atomic mass is 16.5. The molecule has 0 heterocycles. The first-order valence-corrected chi connectivity index (χ1v) is 9.90. The molecule has 0 radical (unpaired) electrons. The lowest BCUT2D eigenvalue weighted by atomic mass is 10.1. The van der Waals surface area contributed by atoms with Gasteiger partial charge in [0, 0.05) is 6.42 Å². The van der Waals surface area contributed by atoms with Crippen molar-refractivity contribution in [3.63, 3.8) is 0 Å². The molecule has 152 valence electrons. The summed E-state index contributed by atoms with van der Waals surface area (Å²) in [5, 5.41) is 3.03. The first kappa shape index (κ1) is 21.6. The molecule has 0 spiro atoms. The van der Waals surface area contributed by atoms with Crippen molar-refractivity contribution >= 4 is 5.91 Å². The van der Waals surface area contributed by atoms with Crippen LogP contribution in [0.15, 0.2) is 48.5 Å². The van der Waals surface area contributed by atoms with E-state index in [1.165, 1.54) is 0 Å². The van der Waals surface area contributed by atoms with Gasteiger partial charge in [0.25, 0.3) is 0 Å². The fraction of sp³-hybridized carbons (Fsp3) is 0.435. The molecule has 2 aromatic rings. The van der Waals surface area contributed by atoms with Crippen LogP contribution in [0.2, 0.25) is 0 Å². The standard InChI is InChI=1S/C23H31NO4/c1-5-26-21-9-6-7-10-22(21)27-16-8-11-23(25)24-18(4)19-12-14-20(15-13-19)28-17(2)3/h6-7,9-10,12-15,17-18H,5,8,11,16H2,1-4H3,(H,24,25). The highest BCUT2D eigenvalue weighted by Crippen LogP contribution is 2.26. The first-order valence-electron chi connectivity index (χ1n) is 9.90. The van der Waals surface area contributed by atoms with Crippen LogP contribution in [-0.2, 0) is 4.79 Å². The summed E-state index contributed by atoms with van der Waals surface area (Å²) in [6.07, 6.45) is 1.20. The maximum absolute atomic E-state index is 12.2.